The molecule has 13 heteroatoms. The predicted molar refractivity (Wildman–Crippen MR) is 126 cm³/mol. The third kappa shape index (κ3) is 12.3. The Bertz CT molecular complexity index is 968. The minimum atomic E-state index is -1.71. The molecule has 0 aliphatic heterocycles. The van der Waals surface area contributed by atoms with Gasteiger partial charge in [0.05, 0.1) is 0 Å². The molecule has 3 amide bonds. The fourth-order valence-corrected chi connectivity index (χ4v) is 2.96. The molecule has 0 spiro atoms. The van der Waals surface area contributed by atoms with Crippen LogP contribution in [0.25, 0.3) is 0 Å². The molecule has 0 unspecified atom stereocenters. The fraction of sp³-hybridized carbons (Fsp3) is 0.583. The molecule has 2 atom stereocenters. The Balaban J connectivity index is 2.93. The van der Waals surface area contributed by atoms with E-state index in [4.69, 9.17) is 9.47 Å². The van der Waals surface area contributed by atoms with Gasteiger partial charge in [0.1, 0.15) is 23.3 Å². The highest BCUT2D eigenvalue weighted by molar-refractivity contribution is 5.89. The van der Waals surface area contributed by atoms with Crippen LogP contribution in [0.15, 0.2) is 12.1 Å². The van der Waals surface area contributed by atoms with Crippen molar-refractivity contribution >= 4 is 24.1 Å². The van der Waals surface area contributed by atoms with Crippen LogP contribution >= 0.6 is 0 Å². The molecule has 0 saturated heterocycles. The summed E-state index contributed by atoms with van der Waals surface area (Å²) in [6.45, 7) is 9.95. The Hall–Kier alpha value is -3.51. The van der Waals surface area contributed by atoms with Gasteiger partial charge in [-0.3, -0.25) is 4.79 Å². The van der Waals surface area contributed by atoms with Crippen LogP contribution in [-0.2, 0) is 25.5 Å². The van der Waals surface area contributed by atoms with Gasteiger partial charge in [0, 0.05) is 13.0 Å². The van der Waals surface area contributed by atoms with Gasteiger partial charge >= 0.3 is 18.2 Å². The van der Waals surface area contributed by atoms with Crippen LogP contribution in [0.1, 0.15) is 59.9 Å². The highest BCUT2D eigenvalue weighted by Crippen LogP contribution is 2.15. The van der Waals surface area contributed by atoms with Crippen molar-refractivity contribution in [2.75, 3.05) is 6.54 Å². The van der Waals surface area contributed by atoms with E-state index in [0.717, 1.165) is 0 Å². The number of aliphatic carboxylic acids is 1. The second-order valence-electron chi connectivity index (χ2n) is 10.2. The van der Waals surface area contributed by atoms with Crippen molar-refractivity contribution in [3.63, 3.8) is 0 Å². The van der Waals surface area contributed by atoms with Gasteiger partial charge in [-0.05, 0) is 72.1 Å². The van der Waals surface area contributed by atoms with E-state index in [1.807, 2.05) is 0 Å². The number of amides is 3. The van der Waals surface area contributed by atoms with Crippen LogP contribution in [0.5, 0.6) is 0 Å². The molecule has 0 fully saturated rings. The van der Waals surface area contributed by atoms with Crippen LogP contribution in [0.3, 0.4) is 0 Å². The number of carboxylic acids is 1. The molecule has 0 heterocycles. The van der Waals surface area contributed by atoms with Crippen LogP contribution in [0.2, 0.25) is 0 Å². The second kappa shape index (κ2) is 13.2. The average Bonchev–Trinajstić information content (AvgIpc) is 2.70. The van der Waals surface area contributed by atoms with Gasteiger partial charge in [-0.2, -0.15) is 0 Å². The van der Waals surface area contributed by atoms with Crippen LogP contribution in [0, 0.1) is 17.5 Å². The summed E-state index contributed by atoms with van der Waals surface area (Å²) in [6.07, 6.45) is -2.04. The van der Waals surface area contributed by atoms with E-state index in [9.17, 15) is 37.5 Å². The number of halogens is 3. The van der Waals surface area contributed by atoms with Gasteiger partial charge in [0.15, 0.2) is 17.5 Å². The largest absolute Gasteiger partial charge is 0.480 e. The lowest BCUT2D eigenvalue weighted by Crippen LogP contribution is -2.53. The first kappa shape index (κ1) is 31.5. The minimum Gasteiger partial charge on any atom is -0.480 e. The SMILES string of the molecule is CC(C)(C)OC(=O)NCCC[C@H](NC(=O)OC(C)(C)C)C(=O)N[C@H](Cc1cc(F)c(F)c(F)c1)C(=O)O. The highest BCUT2D eigenvalue weighted by Gasteiger charge is 2.29. The first-order chi connectivity index (χ1) is 16.9. The zero-order chi connectivity index (χ0) is 28.6. The summed E-state index contributed by atoms with van der Waals surface area (Å²) in [4.78, 5) is 48.6. The van der Waals surface area contributed by atoms with Crippen LogP contribution in [-0.4, -0.2) is 59.0 Å². The maximum Gasteiger partial charge on any atom is 0.408 e. The molecule has 1 aromatic carbocycles. The Labute approximate surface area is 213 Å². The lowest BCUT2D eigenvalue weighted by molar-refractivity contribution is -0.142. The van der Waals surface area contributed by atoms with E-state index in [-0.39, 0.29) is 24.9 Å². The second-order valence-corrected chi connectivity index (χ2v) is 10.2. The highest BCUT2D eigenvalue weighted by atomic mass is 19.2. The molecule has 0 aromatic heterocycles. The summed E-state index contributed by atoms with van der Waals surface area (Å²) < 4.78 is 50.5. The average molecular weight is 534 g/mol. The molecular weight excluding hydrogens is 499 g/mol. The zero-order valence-electron chi connectivity index (χ0n) is 21.7. The molecule has 10 nitrogen and oxygen atoms in total. The number of hydrogen-bond acceptors (Lipinski definition) is 6. The molecule has 4 N–H and O–H groups in total. The maximum absolute atomic E-state index is 13.5. The summed E-state index contributed by atoms with van der Waals surface area (Å²) in [7, 11) is 0. The number of carboxylic acid groups (broad SMARTS) is 1. The Morgan fingerprint density at radius 2 is 1.38 bits per heavy atom. The summed E-state index contributed by atoms with van der Waals surface area (Å²) in [6, 6.07) is -1.68. The third-order valence-electron chi connectivity index (χ3n) is 4.44. The number of benzene rings is 1. The number of carbonyl (C=O) groups excluding carboxylic acids is 3. The summed E-state index contributed by atoms with van der Waals surface area (Å²) in [5, 5.41) is 16.6. The lowest BCUT2D eigenvalue weighted by atomic mass is 10.0. The first-order valence-electron chi connectivity index (χ1n) is 11.5. The number of carbonyl (C=O) groups is 4. The van der Waals surface area contributed by atoms with Crippen molar-refractivity contribution in [1.82, 2.24) is 16.0 Å². The molecule has 0 aliphatic carbocycles. The first-order valence-corrected chi connectivity index (χ1v) is 11.5. The molecular formula is C24H34F3N3O7. The molecule has 0 radical (unpaired) electrons. The zero-order valence-corrected chi connectivity index (χ0v) is 21.7. The van der Waals surface area contributed by atoms with E-state index < -0.39 is 71.2 Å². The lowest BCUT2D eigenvalue weighted by Gasteiger charge is -2.25. The van der Waals surface area contributed by atoms with Crippen molar-refractivity contribution < 1.29 is 46.9 Å². The molecule has 0 aliphatic rings. The molecule has 37 heavy (non-hydrogen) atoms. The molecule has 0 bridgehead atoms. The van der Waals surface area contributed by atoms with Crippen LogP contribution < -0.4 is 16.0 Å². The van der Waals surface area contributed by atoms with E-state index in [0.29, 0.717) is 12.1 Å². The quantitative estimate of drug-likeness (QED) is 0.267. The molecule has 1 aromatic rings. The minimum absolute atomic E-state index is 0.0347. The van der Waals surface area contributed by atoms with E-state index in [1.54, 1.807) is 41.5 Å². The number of rotatable bonds is 10. The van der Waals surface area contributed by atoms with E-state index in [1.165, 1.54) is 0 Å². The van der Waals surface area contributed by atoms with Crippen molar-refractivity contribution in [3.8, 4) is 0 Å². The van der Waals surface area contributed by atoms with Crippen LogP contribution in [0.4, 0.5) is 22.8 Å². The fourth-order valence-electron chi connectivity index (χ4n) is 2.96. The summed E-state index contributed by atoms with van der Waals surface area (Å²) in [5.74, 6) is -7.17. The van der Waals surface area contributed by atoms with Crippen molar-refractivity contribution in [2.24, 2.45) is 0 Å². The van der Waals surface area contributed by atoms with Gasteiger partial charge in [-0.15, -0.1) is 0 Å². The number of nitrogens with one attached hydrogen (secondary N) is 3. The smallest absolute Gasteiger partial charge is 0.408 e. The monoisotopic (exact) mass is 533 g/mol. The Morgan fingerprint density at radius 1 is 0.865 bits per heavy atom. The van der Waals surface area contributed by atoms with Gasteiger partial charge < -0.3 is 30.5 Å². The number of alkyl carbamates (subject to hydrolysis) is 2. The van der Waals surface area contributed by atoms with E-state index >= 15 is 0 Å². The van der Waals surface area contributed by atoms with Crippen molar-refractivity contribution in [3.05, 3.63) is 35.1 Å². The number of ether oxygens (including phenoxy) is 2. The molecule has 0 saturated carbocycles. The third-order valence-corrected chi connectivity index (χ3v) is 4.44. The van der Waals surface area contributed by atoms with Crippen molar-refractivity contribution in [1.29, 1.82) is 0 Å². The maximum atomic E-state index is 13.5. The van der Waals surface area contributed by atoms with Gasteiger partial charge in [-0.25, -0.2) is 27.6 Å². The Morgan fingerprint density at radius 3 is 1.86 bits per heavy atom. The van der Waals surface area contributed by atoms with Gasteiger partial charge in [-0.1, -0.05) is 0 Å². The standard InChI is InChI=1S/C24H34F3N3O7/c1-23(2,3)36-21(34)28-9-7-8-16(30-22(35)37-24(4,5)6)19(31)29-17(20(32)33)12-13-10-14(25)18(27)15(26)11-13/h10-11,16-17H,7-9,12H2,1-6H3,(H,28,34)(H,29,31)(H,30,35)(H,32,33)/t16-,17+/m0/s1. The predicted octanol–water partition coefficient (Wildman–Crippen LogP) is 3.41. The molecule has 1 rings (SSSR count). The van der Waals surface area contributed by atoms with Gasteiger partial charge in [0.2, 0.25) is 5.91 Å². The van der Waals surface area contributed by atoms with Crippen molar-refractivity contribution in [2.45, 2.75) is 84.1 Å². The topological polar surface area (TPSA) is 143 Å². The van der Waals surface area contributed by atoms with Gasteiger partial charge in [0.25, 0.3) is 0 Å². The summed E-state index contributed by atoms with van der Waals surface area (Å²) in [5.41, 5.74) is -1.81. The Kier molecular flexibility index (Phi) is 11.2. The number of hydrogen-bond donors (Lipinski definition) is 4. The normalized spacial score (nSPS) is 13.2. The summed E-state index contributed by atoms with van der Waals surface area (Å²) >= 11 is 0. The van der Waals surface area contributed by atoms with E-state index in [2.05, 4.69) is 16.0 Å². The molecule has 208 valence electrons.